The molecule has 0 aliphatic rings. The molecule has 0 fully saturated rings. The zero-order chi connectivity index (χ0) is 12.8. The number of esters is 1. The molecule has 2 aromatic carbocycles. The van der Waals surface area contributed by atoms with Gasteiger partial charge in [0.15, 0.2) is 0 Å². The molecule has 0 unspecified atom stereocenters. The number of carbonyl (C=O) groups is 1. The molecule has 0 amide bonds. The summed E-state index contributed by atoms with van der Waals surface area (Å²) in [5.41, 5.74) is 1.28. The third-order valence-corrected chi connectivity index (χ3v) is 2.97. The molecular formula is C16H18O2. The highest BCUT2D eigenvalue weighted by molar-refractivity contribution is 5.83. The number of rotatable bonds is 5. The van der Waals surface area contributed by atoms with Crippen LogP contribution in [0, 0.1) is 0 Å². The van der Waals surface area contributed by atoms with Crippen LogP contribution in [-0.4, -0.2) is 12.6 Å². The van der Waals surface area contributed by atoms with Gasteiger partial charge in [-0.2, -0.15) is 0 Å². The molecule has 2 heteroatoms. The molecule has 2 aromatic rings. The van der Waals surface area contributed by atoms with Crippen molar-refractivity contribution in [2.24, 2.45) is 0 Å². The van der Waals surface area contributed by atoms with Crippen molar-refractivity contribution in [3.05, 3.63) is 48.0 Å². The lowest BCUT2D eigenvalue weighted by Crippen LogP contribution is -2.03. The monoisotopic (exact) mass is 242 g/mol. The van der Waals surface area contributed by atoms with Crippen molar-refractivity contribution in [3.8, 4) is 0 Å². The molecule has 0 aliphatic carbocycles. The van der Waals surface area contributed by atoms with E-state index < -0.39 is 0 Å². The molecule has 0 atom stereocenters. The highest BCUT2D eigenvalue weighted by atomic mass is 16.5. The van der Waals surface area contributed by atoms with Gasteiger partial charge in [-0.05, 0) is 36.1 Å². The Kier molecular flexibility index (Phi) is 4.35. The second-order valence-corrected chi connectivity index (χ2v) is 4.34. The highest BCUT2D eigenvalue weighted by Crippen LogP contribution is 2.17. The fraction of sp³-hybridized carbons (Fsp3) is 0.312. The quantitative estimate of drug-likeness (QED) is 0.747. The van der Waals surface area contributed by atoms with Gasteiger partial charge in [0.25, 0.3) is 0 Å². The Morgan fingerprint density at radius 3 is 2.67 bits per heavy atom. The van der Waals surface area contributed by atoms with Crippen LogP contribution in [0.3, 0.4) is 0 Å². The first kappa shape index (κ1) is 12.6. The predicted octanol–water partition coefficient (Wildman–Crippen LogP) is 3.73. The minimum atomic E-state index is -0.0988. The van der Waals surface area contributed by atoms with Crippen molar-refractivity contribution in [1.82, 2.24) is 0 Å². The minimum Gasteiger partial charge on any atom is -0.466 e. The van der Waals surface area contributed by atoms with Crippen LogP contribution in [0.15, 0.2) is 42.5 Å². The fourth-order valence-corrected chi connectivity index (χ4v) is 2.06. The molecule has 0 radical (unpaired) electrons. The van der Waals surface area contributed by atoms with E-state index in [-0.39, 0.29) is 5.97 Å². The van der Waals surface area contributed by atoms with Gasteiger partial charge in [-0.1, -0.05) is 42.5 Å². The highest BCUT2D eigenvalue weighted by Gasteiger charge is 2.02. The van der Waals surface area contributed by atoms with Crippen LogP contribution in [0.4, 0.5) is 0 Å². The van der Waals surface area contributed by atoms with E-state index in [0.717, 1.165) is 12.8 Å². The molecule has 94 valence electrons. The Bertz CT molecular complexity index is 531. The molecular weight excluding hydrogens is 224 g/mol. The summed E-state index contributed by atoms with van der Waals surface area (Å²) in [6.07, 6.45) is 2.27. The number of carbonyl (C=O) groups excluding carboxylic acids is 1. The summed E-state index contributed by atoms with van der Waals surface area (Å²) in [5.74, 6) is -0.0988. The Labute approximate surface area is 108 Å². The summed E-state index contributed by atoms with van der Waals surface area (Å²) < 4.78 is 4.91. The van der Waals surface area contributed by atoms with E-state index in [4.69, 9.17) is 4.74 Å². The summed E-state index contributed by atoms with van der Waals surface area (Å²) in [4.78, 5) is 11.2. The molecule has 0 heterocycles. The second-order valence-electron chi connectivity index (χ2n) is 4.34. The van der Waals surface area contributed by atoms with Gasteiger partial charge in [0.1, 0.15) is 0 Å². The van der Waals surface area contributed by atoms with Crippen molar-refractivity contribution >= 4 is 16.7 Å². The number of hydrogen-bond acceptors (Lipinski definition) is 2. The molecule has 0 aliphatic heterocycles. The lowest BCUT2D eigenvalue weighted by molar-refractivity contribution is -0.143. The van der Waals surface area contributed by atoms with Gasteiger partial charge in [0, 0.05) is 6.42 Å². The SMILES string of the molecule is CCOC(=O)CCCc1ccc2ccccc2c1. The van der Waals surface area contributed by atoms with Gasteiger partial charge >= 0.3 is 5.97 Å². The Balaban J connectivity index is 1.93. The van der Waals surface area contributed by atoms with Gasteiger partial charge in [-0.15, -0.1) is 0 Å². The zero-order valence-corrected chi connectivity index (χ0v) is 10.7. The van der Waals surface area contributed by atoms with Crippen LogP contribution < -0.4 is 0 Å². The Morgan fingerprint density at radius 1 is 1.11 bits per heavy atom. The molecule has 0 saturated heterocycles. The second kappa shape index (κ2) is 6.20. The number of benzene rings is 2. The third-order valence-electron chi connectivity index (χ3n) is 2.97. The maximum atomic E-state index is 11.2. The standard InChI is InChI=1S/C16H18O2/c1-2-18-16(17)9-5-6-13-10-11-14-7-3-4-8-15(14)12-13/h3-4,7-8,10-12H,2,5-6,9H2,1H3. The fourth-order valence-electron chi connectivity index (χ4n) is 2.06. The number of fused-ring (bicyclic) bond motifs is 1. The van der Waals surface area contributed by atoms with Gasteiger partial charge in [-0.3, -0.25) is 4.79 Å². The first-order valence-electron chi connectivity index (χ1n) is 6.43. The van der Waals surface area contributed by atoms with Gasteiger partial charge in [0.05, 0.1) is 6.61 Å². The average Bonchev–Trinajstić information content (AvgIpc) is 2.39. The van der Waals surface area contributed by atoms with E-state index in [0.29, 0.717) is 13.0 Å². The van der Waals surface area contributed by atoms with Crippen LogP contribution in [0.1, 0.15) is 25.3 Å². The summed E-state index contributed by atoms with van der Waals surface area (Å²) in [6, 6.07) is 14.8. The average molecular weight is 242 g/mol. The summed E-state index contributed by atoms with van der Waals surface area (Å²) in [5, 5.41) is 2.51. The first-order valence-corrected chi connectivity index (χ1v) is 6.43. The maximum Gasteiger partial charge on any atom is 0.305 e. The predicted molar refractivity (Wildman–Crippen MR) is 73.5 cm³/mol. The van der Waals surface area contributed by atoms with Crippen molar-refractivity contribution in [2.75, 3.05) is 6.61 Å². The van der Waals surface area contributed by atoms with Crippen molar-refractivity contribution in [2.45, 2.75) is 26.2 Å². The summed E-state index contributed by atoms with van der Waals surface area (Å²) in [7, 11) is 0. The molecule has 0 spiro atoms. The summed E-state index contributed by atoms with van der Waals surface area (Å²) in [6.45, 7) is 2.30. The topological polar surface area (TPSA) is 26.3 Å². The van der Waals surface area contributed by atoms with Crippen LogP contribution in [-0.2, 0) is 16.0 Å². The number of ether oxygens (including phenoxy) is 1. The maximum absolute atomic E-state index is 11.2. The third kappa shape index (κ3) is 3.33. The molecule has 0 N–H and O–H groups in total. The molecule has 0 aromatic heterocycles. The van der Waals surface area contributed by atoms with Crippen LogP contribution in [0.2, 0.25) is 0 Å². The number of hydrogen-bond donors (Lipinski definition) is 0. The van der Waals surface area contributed by atoms with Gasteiger partial charge in [-0.25, -0.2) is 0 Å². The minimum absolute atomic E-state index is 0.0988. The van der Waals surface area contributed by atoms with E-state index in [1.807, 2.05) is 19.1 Å². The largest absolute Gasteiger partial charge is 0.466 e. The van der Waals surface area contributed by atoms with E-state index in [2.05, 4.69) is 30.3 Å². The molecule has 18 heavy (non-hydrogen) atoms. The normalized spacial score (nSPS) is 10.5. The Hall–Kier alpha value is -1.83. The van der Waals surface area contributed by atoms with E-state index in [1.165, 1.54) is 16.3 Å². The molecule has 0 bridgehead atoms. The first-order chi connectivity index (χ1) is 8.79. The molecule has 2 nitrogen and oxygen atoms in total. The van der Waals surface area contributed by atoms with Gasteiger partial charge < -0.3 is 4.74 Å². The molecule has 0 saturated carbocycles. The van der Waals surface area contributed by atoms with E-state index in [9.17, 15) is 4.79 Å². The summed E-state index contributed by atoms with van der Waals surface area (Å²) >= 11 is 0. The van der Waals surface area contributed by atoms with Crippen molar-refractivity contribution < 1.29 is 9.53 Å². The lowest BCUT2D eigenvalue weighted by Gasteiger charge is -2.04. The molecule has 2 rings (SSSR count). The number of aryl methyl sites for hydroxylation is 1. The van der Waals surface area contributed by atoms with Gasteiger partial charge in [0.2, 0.25) is 0 Å². The van der Waals surface area contributed by atoms with Crippen molar-refractivity contribution in [3.63, 3.8) is 0 Å². The van der Waals surface area contributed by atoms with Crippen LogP contribution in [0.25, 0.3) is 10.8 Å². The smallest absolute Gasteiger partial charge is 0.305 e. The van der Waals surface area contributed by atoms with E-state index in [1.54, 1.807) is 0 Å². The van der Waals surface area contributed by atoms with E-state index >= 15 is 0 Å². The Morgan fingerprint density at radius 2 is 1.89 bits per heavy atom. The zero-order valence-electron chi connectivity index (χ0n) is 10.7. The van der Waals surface area contributed by atoms with Crippen LogP contribution >= 0.6 is 0 Å². The van der Waals surface area contributed by atoms with Crippen molar-refractivity contribution in [1.29, 1.82) is 0 Å². The van der Waals surface area contributed by atoms with Crippen LogP contribution in [0.5, 0.6) is 0 Å². The lowest BCUT2D eigenvalue weighted by atomic mass is 10.0.